The maximum Gasteiger partial charge on any atom is 0.0675 e. The lowest BCUT2D eigenvalue weighted by molar-refractivity contribution is 0.0345. The van der Waals surface area contributed by atoms with E-state index in [9.17, 15) is 0 Å². The molecule has 1 saturated carbocycles. The monoisotopic (exact) mass is 265 g/mol. The van der Waals surface area contributed by atoms with Crippen molar-refractivity contribution in [2.24, 2.45) is 17.1 Å². The molecule has 0 spiro atoms. The zero-order chi connectivity index (χ0) is 12.6. The summed E-state index contributed by atoms with van der Waals surface area (Å²) in [5.74, 6) is 0.753. The van der Waals surface area contributed by atoms with Gasteiger partial charge in [-0.3, -0.25) is 0 Å². The van der Waals surface area contributed by atoms with Crippen LogP contribution in [0.2, 0.25) is 5.02 Å². The molecule has 0 bridgehead atoms. The molecule has 98 valence electrons. The van der Waals surface area contributed by atoms with Crippen molar-refractivity contribution in [1.29, 1.82) is 0 Å². The summed E-state index contributed by atoms with van der Waals surface area (Å²) in [6.07, 6.45) is 5.10. The highest BCUT2D eigenvalue weighted by Gasteiger charge is 2.49. The Kier molecular flexibility index (Phi) is 3.35. The normalized spacial score (nSPS) is 31.8. The van der Waals surface area contributed by atoms with Crippen LogP contribution >= 0.6 is 11.6 Å². The molecular weight excluding hydrogens is 246 g/mol. The maximum absolute atomic E-state index is 6.10. The van der Waals surface area contributed by atoms with Crippen molar-refractivity contribution in [3.8, 4) is 0 Å². The van der Waals surface area contributed by atoms with Crippen molar-refractivity contribution in [2.45, 2.75) is 31.8 Å². The van der Waals surface area contributed by atoms with Crippen LogP contribution < -0.4 is 5.73 Å². The van der Waals surface area contributed by atoms with E-state index in [0.29, 0.717) is 6.10 Å². The topological polar surface area (TPSA) is 35.2 Å². The molecule has 2 fully saturated rings. The Labute approximate surface area is 113 Å². The summed E-state index contributed by atoms with van der Waals surface area (Å²) in [7, 11) is 0. The van der Waals surface area contributed by atoms with Gasteiger partial charge in [0.2, 0.25) is 0 Å². The largest absolute Gasteiger partial charge is 0.377 e. The number of ether oxygens (including phenoxy) is 1. The first-order valence-electron chi connectivity index (χ1n) is 6.80. The Bertz CT molecular complexity index is 415. The van der Waals surface area contributed by atoms with E-state index in [0.717, 1.165) is 36.9 Å². The van der Waals surface area contributed by atoms with Crippen molar-refractivity contribution in [3.05, 3.63) is 34.9 Å². The summed E-state index contributed by atoms with van der Waals surface area (Å²) in [5.41, 5.74) is 7.56. The molecule has 1 saturated heterocycles. The molecule has 0 aromatic heterocycles. The SMILES string of the molecule is NCC1(Cc2ccc(Cl)cc2)CCOC1C1CC1. The third-order valence-corrected chi connectivity index (χ3v) is 4.68. The molecule has 0 radical (unpaired) electrons. The summed E-state index contributed by atoms with van der Waals surface area (Å²) >= 11 is 5.94. The van der Waals surface area contributed by atoms with Gasteiger partial charge >= 0.3 is 0 Å². The fourth-order valence-corrected chi connectivity index (χ4v) is 3.36. The van der Waals surface area contributed by atoms with Crippen molar-refractivity contribution in [1.82, 2.24) is 0 Å². The van der Waals surface area contributed by atoms with Gasteiger partial charge in [0.25, 0.3) is 0 Å². The molecule has 2 nitrogen and oxygen atoms in total. The molecule has 1 heterocycles. The minimum Gasteiger partial charge on any atom is -0.377 e. The van der Waals surface area contributed by atoms with Crippen LogP contribution in [0.5, 0.6) is 0 Å². The molecular formula is C15H20ClNO. The van der Waals surface area contributed by atoms with Crippen LogP contribution in [0.25, 0.3) is 0 Å². The van der Waals surface area contributed by atoms with Crippen LogP contribution in [0.15, 0.2) is 24.3 Å². The third-order valence-electron chi connectivity index (χ3n) is 4.43. The molecule has 1 aromatic carbocycles. The predicted octanol–water partition coefficient (Wildman–Crippen LogP) is 3.03. The average Bonchev–Trinajstić information content (AvgIpc) is 3.14. The van der Waals surface area contributed by atoms with Crippen LogP contribution in [0.3, 0.4) is 0 Å². The summed E-state index contributed by atoms with van der Waals surface area (Å²) in [6.45, 7) is 1.59. The molecule has 3 heteroatoms. The van der Waals surface area contributed by atoms with Gasteiger partial charge in [-0.25, -0.2) is 0 Å². The highest BCUT2D eigenvalue weighted by atomic mass is 35.5. The number of hydrogen-bond acceptors (Lipinski definition) is 2. The Hall–Kier alpha value is -0.570. The summed E-state index contributed by atoms with van der Waals surface area (Å²) in [5, 5.41) is 0.793. The van der Waals surface area contributed by atoms with Gasteiger partial charge in [-0.05, 0) is 49.3 Å². The first-order chi connectivity index (χ1) is 8.73. The molecule has 0 amide bonds. The van der Waals surface area contributed by atoms with Crippen LogP contribution in [-0.4, -0.2) is 19.3 Å². The number of hydrogen-bond donors (Lipinski definition) is 1. The van der Waals surface area contributed by atoms with Crippen molar-refractivity contribution < 1.29 is 4.74 Å². The van der Waals surface area contributed by atoms with Gasteiger partial charge in [0.1, 0.15) is 0 Å². The highest BCUT2D eigenvalue weighted by molar-refractivity contribution is 6.30. The molecule has 1 aromatic rings. The first-order valence-corrected chi connectivity index (χ1v) is 7.17. The van der Waals surface area contributed by atoms with E-state index < -0.39 is 0 Å². The zero-order valence-electron chi connectivity index (χ0n) is 10.6. The fourth-order valence-electron chi connectivity index (χ4n) is 3.23. The lowest BCUT2D eigenvalue weighted by Gasteiger charge is -2.33. The van der Waals surface area contributed by atoms with Gasteiger partial charge in [-0.1, -0.05) is 23.7 Å². The molecule has 2 unspecified atom stereocenters. The van der Waals surface area contributed by atoms with Crippen LogP contribution in [0.4, 0.5) is 0 Å². The van der Waals surface area contributed by atoms with Crippen molar-refractivity contribution in [2.75, 3.05) is 13.2 Å². The minimum absolute atomic E-state index is 0.148. The summed E-state index contributed by atoms with van der Waals surface area (Å²) < 4.78 is 5.97. The lowest BCUT2D eigenvalue weighted by Crippen LogP contribution is -2.41. The first kappa shape index (κ1) is 12.5. The Morgan fingerprint density at radius 1 is 1.28 bits per heavy atom. The van der Waals surface area contributed by atoms with E-state index in [1.165, 1.54) is 18.4 Å². The van der Waals surface area contributed by atoms with E-state index in [1.54, 1.807) is 0 Å². The third kappa shape index (κ3) is 2.29. The Morgan fingerprint density at radius 3 is 2.61 bits per heavy atom. The fraction of sp³-hybridized carbons (Fsp3) is 0.600. The number of nitrogens with two attached hydrogens (primary N) is 1. The van der Waals surface area contributed by atoms with E-state index in [2.05, 4.69) is 12.1 Å². The molecule has 1 aliphatic heterocycles. The molecule has 2 aliphatic rings. The highest BCUT2D eigenvalue weighted by Crippen LogP contribution is 2.48. The van der Waals surface area contributed by atoms with E-state index in [1.807, 2.05) is 12.1 Å². The van der Waals surface area contributed by atoms with Gasteiger partial charge in [0.15, 0.2) is 0 Å². The molecule has 18 heavy (non-hydrogen) atoms. The molecule has 3 rings (SSSR count). The van der Waals surface area contributed by atoms with Crippen molar-refractivity contribution >= 4 is 11.6 Å². The van der Waals surface area contributed by atoms with Crippen LogP contribution in [0, 0.1) is 11.3 Å². The van der Waals surface area contributed by atoms with Gasteiger partial charge in [-0.15, -0.1) is 0 Å². The van der Waals surface area contributed by atoms with Gasteiger partial charge in [0.05, 0.1) is 6.10 Å². The number of rotatable bonds is 4. The predicted molar refractivity (Wildman–Crippen MR) is 73.7 cm³/mol. The number of benzene rings is 1. The smallest absolute Gasteiger partial charge is 0.0675 e. The second kappa shape index (κ2) is 4.84. The summed E-state index contributed by atoms with van der Waals surface area (Å²) in [6, 6.07) is 8.15. The maximum atomic E-state index is 6.10. The standard InChI is InChI=1S/C15H20ClNO/c16-13-5-1-11(2-6-13)9-15(10-17)7-8-18-14(15)12-3-4-12/h1-2,5-6,12,14H,3-4,7-10,17H2. The van der Waals surface area contributed by atoms with Crippen LogP contribution in [0.1, 0.15) is 24.8 Å². The number of halogens is 1. The second-order valence-electron chi connectivity index (χ2n) is 5.75. The quantitative estimate of drug-likeness (QED) is 0.908. The molecule has 2 atom stereocenters. The van der Waals surface area contributed by atoms with Crippen molar-refractivity contribution in [3.63, 3.8) is 0 Å². The van der Waals surface area contributed by atoms with Gasteiger partial charge in [0, 0.05) is 23.6 Å². The minimum atomic E-state index is 0.148. The molecule has 2 N–H and O–H groups in total. The lowest BCUT2D eigenvalue weighted by atomic mass is 9.74. The summed E-state index contributed by atoms with van der Waals surface area (Å²) in [4.78, 5) is 0. The van der Waals surface area contributed by atoms with Crippen LogP contribution in [-0.2, 0) is 11.2 Å². The Morgan fingerprint density at radius 2 is 2.00 bits per heavy atom. The van der Waals surface area contributed by atoms with Gasteiger partial charge < -0.3 is 10.5 Å². The zero-order valence-corrected chi connectivity index (χ0v) is 11.3. The van der Waals surface area contributed by atoms with E-state index in [4.69, 9.17) is 22.1 Å². The van der Waals surface area contributed by atoms with E-state index in [-0.39, 0.29) is 5.41 Å². The van der Waals surface area contributed by atoms with Gasteiger partial charge in [-0.2, -0.15) is 0 Å². The van der Waals surface area contributed by atoms with E-state index >= 15 is 0 Å². The average molecular weight is 266 g/mol. The Balaban J connectivity index is 1.80. The second-order valence-corrected chi connectivity index (χ2v) is 6.18. The molecule has 1 aliphatic carbocycles.